The number of rotatable bonds is 6. The van der Waals surface area contributed by atoms with Crippen LogP contribution in [0.1, 0.15) is 36.4 Å². The van der Waals surface area contributed by atoms with Gasteiger partial charge in [-0.2, -0.15) is 5.10 Å². The Morgan fingerprint density at radius 2 is 2.00 bits per heavy atom. The molecule has 0 unspecified atom stereocenters. The van der Waals surface area contributed by atoms with Gasteiger partial charge in [0, 0.05) is 44.0 Å². The number of guanidine groups is 1. The number of nitrogens with one attached hydrogen (secondary N) is 3. The molecule has 0 atom stereocenters. The maximum absolute atomic E-state index is 11.2. The molecule has 2 aromatic rings. The van der Waals surface area contributed by atoms with Crippen LogP contribution in [0.2, 0.25) is 0 Å². The molecule has 1 aromatic carbocycles. The fourth-order valence-corrected chi connectivity index (χ4v) is 2.71. The highest BCUT2D eigenvalue weighted by molar-refractivity contribution is 14.0. The van der Waals surface area contributed by atoms with Gasteiger partial charge in [0.1, 0.15) is 0 Å². The SMILES string of the molecule is CCNC(=NCc1cccc(NC(C)=O)c1)NCc1c(C)nn(C)c1C.I. The molecule has 0 spiro atoms. The number of aryl methyl sites for hydroxylation is 2. The largest absolute Gasteiger partial charge is 0.357 e. The summed E-state index contributed by atoms with van der Waals surface area (Å²) < 4.78 is 1.89. The zero-order valence-corrected chi connectivity index (χ0v) is 18.9. The van der Waals surface area contributed by atoms with Crippen molar-refractivity contribution in [2.75, 3.05) is 11.9 Å². The summed E-state index contributed by atoms with van der Waals surface area (Å²) in [4.78, 5) is 15.8. The summed E-state index contributed by atoms with van der Waals surface area (Å²) in [5.41, 5.74) is 5.17. The Bertz CT molecular complexity index is 799. The van der Waals surface area contributed by atoms with Crippen LogP contribution in [0, 0.1) is 13.8 Å². The van der Waals surface area contributed by atoms with Crippen LogP contribution in [-0.4, -0.2) is 28.2 Å². The van der Waals surface area contributed by atoms with Crippen molar-refractivity contribution in [2.45, 2.75) is 40.8 Å². The summed E-state index contributed by atoms with van der Waals surface area (Å²) in [6.45, 7) is 9.59. The number of halogens is 1. The predicted molar refractivity (Wildman–Crippen MR) is 120 cm³/mol. The maximum Gasteiger partial charge on any atom is 0.221 e. The summed E-state index contributed by atoms with van der Waals surface area (Å²) in [6, 6.07) is 7.71. The molecule has 7 nitrogen and oxygen atoms in total. The van der Waals surface area contributed by atoms with Gasteiger partial charge in [-0.1, -0.05) is 12.1 Å². The lowest BCUT2D eigenvalue weighted by Crippen LogP contribution is -2.37. The molecule has 148 valence electrons. The first-order valence-electron chi connectivity index (χ1n) is 8.78. The first-order valence-corrected chi connectivity index (χ1v) is 8.78. The molecule has 0 aliphatic heterocycles. The molecule has 0 aliphatic rings. The number of benzene rings is 1. The standard InChI is InChI=1S/C19H28N6O.HI/c1-6-20-19(22-12-18-13(2)24-25(5)14(18)3)21-11-16-8-7-9-17(10-16)23-15(4)26;/h7-10H,6,11-12H2,1-5H3,(H,23,26)(H2,20,21,22);1H. The van der Waals surface area contributed by atoms with Gasteiger partial charge >= 0.3 is 0 Å². The molecule has 0 radical (unpaired) electrons. The van der Waals surface area contributed by atoms with E-state index in [2.05, 4.69) is 33.0 Å². The number of hydrogen-bond acceptors (Lipinski definition) is 3. The van der Waals surface area contributed by atoms with E-state index in [4.69, 9.17) is 0 Å². The van der Waals surface area contributed by atoms with Crippen molar-refractivity contribution < 1.29 is 4.79 Å². The number of nitrogens with zero attached hydrogens (tertiary/aromatic N) is 3. The molecule has 2 rings (SSSR count). The van der Waals surface area contributed by atoms with Crippen LogP contribution in [0.4, 0.5) is 5.69 Å². The Hall–Kier alpha value is -2.10. The van der Waals surface area contributed by atoms with Crippen LogP contribution in [0.15, 0.2) is 29.3 Å². The molecule has 8 heteroatoms. The van der Waals surface area contributed by atoms with Crippen molar-refractivity contribution in [3.63, 3.8) is 0 Å². The molecule has 1 amide bonds. The maximum atomic E-state index is 11.2. The van der Waals surface area contributed by atoms with Crippen LogP contribution in [0.5, 0.6) is 0 Å². The summed E-state index contributed by atoms with van der Waals surface area (Å²) in [7, 11) is 1.95. The van der Waals surface area contributed by atoms with Gasteiger partial charge in [0.2, 0.25) is 5.91 Å². The number of amides is 1. The highest BCUT2D eigenvalue weighted by atomic mass is 127. The van der Waals surface area contributed by atoms with E-state index in [1.165, 1.54) is 12.5 Å². The lowest BCUT2D eigenvalue weighted by atomic mass is 10.2. The smallest absolute Gasteiger partial charge is 0.221 e. The van der Waals surface area contributed by atoms with E-state index in [-0.39, 0.29) is 29.9 Å². The number of aromatic nitrogens is 2. The van der Waals surface area contributed by atoms with Crippen LogP contribution in [0.25, 0.3) is 0 Å². The zero-order chi connectivity index (χ0) is 19.1. The van der Waals surface area contributed by atoms with Crippen molar-refractivity contribution in [3.05, 3.63) is 46.8 Å². The Balaban J connectivity index is 0.00000364. The molecular weight excluding hydrogens is 455 g/mol. The van der Waals surface area contributed by atoms with Crippen molar-refractivity contribution in [2.24, 2.45) is 12.0 Å². The third-order valence-electron chi connectivity index (χ3n) is 4.10. The Labute approximate surface area is 178 Å². The molecule has 0 bridgehead atoms. The number of aliphatic imine (C=N–C) groups is 1. The van der Waals surface area contributed by atoms with E-state index in [0.717, 1.165) is 35.1 Å². The highest BCUT2D eigenvalue weighted by Crippen LogP contribution is 2.12. The van der Waals surface area contributed by atoms with Crippen LogP contribution >= 0.6 is 24.0 Å². The number of anilines is 1. The average molecular weight is 484 g/mol. The van der Waals surface area contributed by atoms with Gasteiger partial charge in [0.15, 0.2) is 5.96 Å². The minimum absolute atomic E-state index is 0. The molecule has 27 heavy (non-hydrogen) atoms. The second kappa shape index (κ2) is 10.9. The number of hydrogen-bond donors (Lipinski definition) is 3. The third-order valence-corrected chi connectivity index (χ3v) is 4.10. The van der Waals surface area contributed by atoms with Gasteiger partial charge in [-0.25, -0.2) is 4.99 Å². The lowest BCUT2D eigenvalue weighted by molar-refractivity contribution is -0.114. The van der Waals surface area contributed by atoms with E-state index in [1.54, 1.807) is 0 Å². The third kappa shape index (κ3) is 6.85. The summed E-state index contributed by atoms with van der Waals surface area (Å²) in [6.07, 6.45) is 0. The van der Waals surface area contributed by atoms with Crippen LogP contribution in [-0.2, 0) is 24.9 Å². The van der Waals surface area contributed by atoms with Gasteiger partial charge < -0.3 is 16.0 Å². The molecule has 0 saturated heterocycles. The fourth-order valence-electron chi connectivity index (χ4n) is 2.71. The second-order valence-electron chi connectivity index (χ2n) is 6.20. The van der Waals surface area contributed by atoms with E-state index < -0.39 is 0 Å². The van der Waals surface area contributed by atoms with Crippen molar-refractivity contribution in [3.8, 4) is 0 Å². The zero-order valence-electron chi connectivity index (χ0n) is 16.6. The Morgan fingerprint density at radius 1 is 1.26 bits per heavy atom. The number of carbonyl (C=O) groups excluding carboxylic acids is 1. The van der Waals surface area contributed by atoms with Crippen LogP contribution < -0.4 is 16.0 Å². The summed E-state index contributed by atoms with van der Waals surface area (Å²) in [5.74, 6) is 0.669. The minimum Gasteiger partial charge on any atom is -0.357 e. The van der Waals surface area contributed by atoms with E-state index in [1.807, 2.05) is 49.8 Å². The van der Waals surface area contributed by atoms with Crippen molar-refractivity contribution in [1.29, 1.82) is 0 Å². The van der Waals surface area contributed by atoms with E-state index in [9.17, 15) is 4.79 Å². The molecule has 3 N–H and O–H groups in total. The average Bonchev–Trinajstić information content (AvgIpc) is 2.82. The van der Waals surface area contributed by atoms with Gasteiger partial charge in [0.25, 0.3) is 0 Å². The van der Waals surface area contributed by atoms with Gasteiger partial charge in [-0.3, -0.25) is 9.48 Å². The van der Waals surface area contributed by atoms with Gasteiger partial charge in [-0.05, 0) is 38.5 Å². The first kappa shape index (κ1) is 22.9. The van der Waals surface area contributed by atoms with E-state index >= 15 is 0 Å². The predicted octanol–water partition coefficient (Wildman–Crippen LogP) is 2.87. The van der Waals surface area contributed by atoms with Gasteiger partial charge in [0.05, 0.1) is 12.2 Å². The summed E-state index contributed by atoms with van der Waals surface area (Å²) >= 11 is 0. The topological polar surface area (TPSA) is 83.3 Å². The molecule has 0 fully saturated rings. The van der Waals surface area contributed by atoms with Gasteiger partial charge in [-0.15, -0.1) is 24.0 Å². The van der Waals surface area contributed by atoms with Crippen LogP contribution in [0.3, 0.4) is 0 Å². The monoisotopic (exact) mass is 484 g/mol. The number of carbonyl (C=O) groups is 1. The van der Waals surface area contributed by atoms with Crippen molar-refractivity contribution >= 4 is 41.5 Å². The fraction of sp³-hybridized carbons (Fsp3) is 0.421. The Morgan fingerprint density at radius 3 is 2.59 bits per heavy atom. The lowest BCUT2D eigenvalue weighted by Gasteiger charge is -2.12. The molecule has 1 heterocycles. The molecular formula is C19H29IN6O. The van der Waals surface area contributed by atoms with E-state index in [0.29, 0.717) is 13.1 Å². The normalized spacial score (nSPS) is 10.9. The molecule has 1 aromatic heterocycles. The highest BCUT2D eigenvalue weighted by Gasteiger charge is 2.09. The Kier molecular flexibility index (Phi) is 9.27. The quantitative estimate of drug-likeness (QED) is 0.335. The molecule has 0 saturated carbocycles. The van der Waals surface area contributed by atoms with Crippen molar-refractivity contribution in [1.82, 2.24) is 20.4 Å². The molecule has 0 aliphatic carbocycles. The summed E-state index contributed by atoms with van der Waals surface area (Å²) in [5, 5.41) is 13.9. The first-order chi connectivity index (χ1) is 12.4. The second-order valence-corrected chi connectivity index (χ2v) is 6.20. The minimum atomic E-state index is -0.0807.